The highest BCUT2D eigenvalue weighted by Crippen LogP contribution is 2.43. The zero-order chi connectivity index (χ0) is 23.7. The number of Topliss-reactive ketones (excluding diaryl/α,β-unsaturated/α-hetero) is 1. The molecule has 1 aromatic carbocycles. The van der Waals surface area contributed by atoms with Crippen LogP contribution < -0.4 is 5.32 Å². The van der Waals surface area contributed by atoms with Gasteiger partial charge in [0.05, 0.1) is 16.6 Å². The van der Waals surface area contributed by atoms with E-state index in [0.29, 0.717) is 27.7 Å². The van der Waals surface area contributed by atoms with E-state index in [0.717, 1.165) is 19.4 Å². The highest BCUT2D eigenvalue weighted by molar-refractivity contribution is 6.37. The number of amides is 1. The van der Waals surface area contributed by atoms with Gasteiger partial charge in [0.15, 0.2) is 0 Å². The Bertz CT molecular complexity index is 669. The van der Waals surface area contributed by atoms with Crippen LogP contribution in [0.3, 0.4) is 0 Å². The zero-order valence-corrected chi connectivity index (χ0v) is 20.9. The summed E-state index contributed by atoms with van der Waals surface area (Å²) in [6.45, 7) is 15.0. The van der Waals surface area contributed by atoms with E-state index < -0.39 is 5.92 Å². The van der Waals surface area contributed by atoms with E-state index in [-0.39, 0.29) is 18.1 Å². The van der Waals surface area contributed by atoms with Crippen LogP contribution in [0.2, 0.25) is 10.0 Å². The SMILES string of the molecule is C/C=C\C.C=C.CC.CN(C)CCCCC(=O)CC1C(=O)Nc2c(Cl)ccc(Cl)c21. The fraction of sp³-hybridized carbons (Fsp3) is 0.500. The van der Waals surface area contributed by atoms with Crippen molar-refractivity contribution < 1.29 is 9.59 Å². The van der Waals surface area contributed by atoms with E-state index in [1.807, 2.05) is 53.9 Å². The van der Waals surface area contributed by atoms with Gasteiger partial charge < -0.3 is 10.2 Å². The molecule has 6 heteroatoms. The van der Waals surface area contributed by atoms with Crippen LogP contribution in [0.1, 0.15) is 64.9 Å². The molecule has 1 atom stereocenters. The van der Waals surface area contributed by atoms with Gasteiger partial charge in [0, 0.05) is 23.4 Å². The van der Waals surface area contributed by atoms with Crippen molar-refractivity contribution in [1.29, 1.82) is 0 Å². The number of carbonyl (C=O) groups is 2. The number of anilines is 1. The Labute approximate surface area is 193 Å². The molecule has 30 heavy (non-hydrogen) atoms. The van der Waals surface area contributed by atoms with Gasteiger partial charge in [0.25, 0.3) is 0 Å². The number of ketones is 1. The second-order valence-corrected chi connectivity index (χ2v) is 7.34. The van der Waals surface area contributed by atoms with Gasteiger partial charge in [-0.1, -0.05) is 49.2 Å². The molecule has 1 aliphatic rings. The number of nitrogens with zero attached hydrogens (tertiary/aromatic N) is 1. The van der Waals surface area contributed by atoms with Gasteiger partial charge in [0.1, 0.15) is 5.78 Å². The van der Waals surface area contributed by atoms with Gasteiger partial charge >= 0.3 is 0 Å². The fourth-order valence-electron chi connectivity index (χ4n) is 2.65. The lowest BCUT2D eigenvalue weighted by Gasteiger charge is -2.11. The van der Waals surface area contributed by atoms with E-state index in [1.165, 1.54) is 0 Å². The topological polar surface area (TPSA) is 49.4 Å². The zero-order valence-electron chi connectivity index (χ0n) is 19.4. The lowest BCUT2D eigenvalue weighted by Crippen LogP contribution is -2.16. The average molecular weight is 457 g/mol. The predicted molar refractivity (Wildman–Crippen MR) is 133 cm³/mol. The summed E-state index contributed by atoms with van der Waals surface area (Å²) in [7, 11) is 4.01. The van der Waals surface area contributed by atoms with Crippen molar-refractivity contribution in [1.82, 2.24) is 4.90 Å². The van der Waals surface area contributed by atoms with Crippen LogP contribution in [0, 0.1) is 0 Å². The van der Waals surface area contributed by atoms with Crippen LogP contribution >= 0.6 is 23.2 Å². The summed E-state index contributed by atoms with van der Waals surface area (Å²) in [4.78, 5) is 26.3. The normalized spacial score (nSPS) is 13.9. The van der Waals surface area contributed by atoms with E-state index in [1.54, 1.807) is 12.1 Å². The maximum atomic E-state index is 12.1. The number of hydrogen-bond acceptors (Lipinski definition) is 3. The van der Waals surface area contributed by atoms with Crippen molar-refractivity contribution >= 4 is 40.6 Å². The Morgan fingerprint density at radius 1 is 1.10 bits per heavy atom. The highest BCUT2D eigenvalue weighted by atomic mass is 35.5. The lowest BCUT2D eigenvalue weighted by molar-refractivity contribution is -0.123. The Morgan fingerprint density at radius 2 is 1.63 bits per heavy atom. The van der Waals surface area contributed by atoms with E-state index in [4.69, 9.17) is 23.2 Å². The molecule has 0 aromatic heterocycles. The molecule has 0 aliphatic carbocycles. The van der Waals surface area contributed by atoms with Crippen molar-refractivity contribution in [3.63, 3.8) is 0 Å². The molecule has 1 aliphatic heterocycles. The van der Waals surface area contributed by atoms with Crippen molar-refractivity contribution in [3.8, 4) is 0 Å². The highest BCUT2D eigenvalue weighted by Gasteiger charge is 2.35. The molecule has 4 nitrogen and oxygen atoms in total. The third-order valence-corrected chi connectivity index (χ3v) is 4.78. The van der Waals surface area contributed by atoms with Gasteiger partial charge in [-0.3, -0.25) is 9.59 Å². The number of fused-ring (bicyclic) bond motifs is 1. The summed E-state index contributed by atoms with van der Waals surface area (Å²) in [5, 5.41) is 3.66. The quantitative estimate of drug-likeness (QED) is 0.350. The van der Waals surface area contributed by atoms with Gasteiger partial charge in [-0.05, 0) is 59.5 Å². The summed E-state index contributed by atoms with van der Waals surface area (Å²) in [5.41, 5.74) is 1.20. The number of carbonyl (C=O) groups excluding carboxylic acids is 2. The molecular formula is C24H38Cl2N2O2. The first kappa shape index (κ1) is 30.6. The van der Waals surface area contributed by atoms with Crippen LogP contribution in [-0.4, -0.2) is 37.2 Å². The smallest absolute Gasteiger partial charge is 0.232 e. The summed E-state index contributed by atoms with van der Waals surface area (Å²) in [6.07, 6.45) is 6.48. The summed E-state index contributed by atoms with van der Waals surface area (Å²) >= 11 is 12.3. The molecule has 170 valence electrons. The number of nitrogens with one attached hydrogen (secondary N) is 1. The van der Waals surface area contributed by atoms with Crippen molar-refractivity contribution in [2.24, 2.45) is 0 Å². The first-order chi connectivity index (χ1) is 14.3. The van der Waals surface area contributed by atoms with Crippen LogP contribution in [0.5, 0.6) is 0 Å². The van der Waals surface area contributed by atoms with Crippen LogP contribution in [0.4, 0.5) is 5.69 Å². The molecule has 0 radical (unpaired) electrons. The summed E-state index contributed by atoms with van der Waals surface area (Å²) in [5.74, 6) is -0.642. The predicted octanol–water partition coefficient (Wildman–Crippen LogP) is 7.13. The van der Waals surface area contributed by atoms with Crippen molar-refractivity contribution in [3.05, 3.63) is 53.1 Å². The number of hydrogen-bond donors (Lipinski definition) is 1. The minimum absolute atomic E-state index is 0.0859. The molecule has 1 unspecified atom stereocenters. The molecule has 1 heterocycles. The van der Waals surface area contributed by atoms with E-state index in [2.05, 4.69) is 23.4 Å². The maximum Gasteiger partial charge on any atom is 0.232 e. The summed E-state index contributed by atoms with van der Waals surface area (Å²) in [6, 6.07) is 3.31. The third kappa shape index (κ3) is 11.0. The first-order valence-corrected chi connectivity index (χ1v) is 11.1. The van der Waals surface area contributed by atoms with Crippen LogP contribution in [0.15, 0.2) is 37.4 Å². The molecule has 1 amide bonds. The van der Waals surface area contributed by atoms with Crippen LogP contribution in [-0.2, 0) is 9.59 Å². The molecule has 0 fully saturated rings. The van der Waals surface area contributed by atoms with E-state index in [9.17, 15) is 9.59 Å². The molecule has 0 bridgehead atoms. The number of rotatable bonds is 7. The molecular weight excluding hydrogens is 419 g/mol. The van der Waals surface area contributed by atoms with Crippen LogP contribution in [0.25, 0.3) is 0 Å². The largest absolute Gasteiger partial charge is 0.324 e. The molecule has 0 saturated heterocycles. The number of benzene rings is 1. The monoisotopic (exact) mass is 456 g/mol. The van der Waals surface area contributed by atoms with Gasteiger partial charge in [0.2, 0.25) is 5.91 Å². The van der Waals surface area contributed by atoms with Gasteiger partial charge in [-0.25, -0.2) is 0 Å². The number of allylic oxidation sites excluding steroid dienone is 2. The minimum Gasteiger partial charge on any atom is -0.324 e. The molecule has 0 saturated carbocycles. The number of halogens is 2. The van der Waals surface area contributed by atoms with Gasteiger partial charge in [-0.2, -0.15) is 0 Å². The second-order valence-electron chi connectivity index (χ2n) is 6.53. The second kappa shape index (κ2) is 18.2. The first-order valence-electron chi connectivity index (χ1n) is 10.3. The lowest BCUT2D eigenvalue weighted by atomic mass is 9.93. The van der Waals surface area contributed by atoms with Gasteiger partial charge in [-0.15, -0.1) is 13.2 Å². The van der Waals surface area contributed by atoms with Crippen molar-refractivity contribution in [2.45, 2.75) is 59.3 Å². The average Bonchev–Trinajstić information content (AvgIpc) is 3.08. The summed E-state index contributed by atoms with van der Waals surface area (Å²) < 4.78 is 0. The molecule has 0 spiro atoms. The minimum atomic E-state index is -0.525. The van der Waals surface area contributed by atoms with E-state index >= 15 is 0 Å². The molecule has 2 rings (SSSR count). The Hall–Kier alpha value is -1.62. The molecule has 1 aromatic rings. The fourth-order valence-corrected chi connectivity index (χ4v) is 3.15. The Kier molecular flexibility index (Phi) is 18.5. The number of unbranched alkanes of at least 4 members (excludes halogenated alkanes) is 1. The molecule has 1 N–H and O–H groups in total. The maximum absolute atomic E-state index is 12.1. The Morgan fingerprint density at radius 3 is 2.13 bits per heavy atom. The Balaban J connectivity index is 0. The standard InChI is InChI=1S/C16H20Cl2N2O2.C4H8.C2H6.C2H4/c1-20(2)8-4-3-5-10(21)9-11-14-12(17)6-7-13(18)15(14)19-16(11)22;1-3-4-2;2*1-2/h6-7,11H,3-5,8-9H2,1-2H3,(H,19,22);3-4H,1-2H3;1-2H3;1-2H2/b;4-3-;;. The van der Waals surface area contributed by atoms with Crippen molar-refractivity contribution in [2.75, 3.05) is 26.0 Å². The third-order valence-electron chi connectivity index (χ3n) is 4.13.